The van der Waals surface area contributed by atoms with Gasteiger partial charge in [-0.15, -0.1) is 22.7 Å². The maximum Gasteiger partial charge on any atom is 0.0851 e. The predicted molar refractivity (Wildman–Crippen MR) is 359 cm³/mol. The van der Waals surface area contributed by atoms with E-state index in [4.69, 9.17) is 9.97 Å². The zero-order valence-electron chi connectivity index (χ0n) is 52.0. The number of aryl methyl sites for hydroxylation is 6. The summed E-state index contributed by atoms with van der Waals surface area (Å²) < 4.78 is 0. The molecule has 0 fully saturated rings. The van der Waals surface area contributed by atoms with Gasteiger partial charge in [0.25, 0.3) is 0 Å². The lowest BCUT2D eigenvalue weighted by Gasteiger charge is -2.18. The van der Waals surface area contributed by atoms with Gasteiger partial charge in [0.15, 0.2) is 0 Å². The van der Waals surface area contributed by atoms with E-state index in [0.717, 1.165) is 143 Å². The van der Waals surface area contributed by atoms with E-state index in [-0.39, 0.29) is 0 Å². The molecule has 5 aromatic heterocycles. The van der Waals surface area contributed by atoms with Crippen LogP contribution in [0, 0.1) is 47.4 Å². The Bertz CT molecular complexity index is 3660. The molecule has 6 nitrogen and oxygen atoms in total. The molecule has 2 N–H and O–H groups in total. The van der Waals surface area contributed by atoms with Crippen molar-refractivity contribution in [3.05, 3.63) is 126 Å². The van der Waals surface area contributed by atoms with E-state index < -0.39 is 0 Å². The van der Waals surface area contributed by atoms with Gasteiger partial charge in [-0.1, -0.05) is 114 Å². The number of allylic oxidation sites excluding steroid dienone is 4. The minimum Gasteiger partial charge on any atom is -0.378 e. The number of unbranched alkanes of at least 4 members (excludes halogenated alkanes) is 6. The van der Waals surface area contributed by atoms with Crippen molar-refractivity contribution in [3.8, 4) is 57.1 Å². The number of fused-ring (bicyclic) bond motifs is 8. The van der Waals surface area contributed by atoms with Crippen molar-refractivity contribution in [1.82, 2.24) is 19.9 Å². The fraction of sp³-hybridized carbons (Fsp3) is 0.432. The number of hydrogen-bond acceptors (Lipinski definition) is 6. The molecule has 82 heavy (non-hydrogen) atoms. The lowest BCUT2D eigenvalue weighted by atomic mass is 9.94. The van der Waals surface area contributed by atoms with Gasteiger partial charge in [0.1, 0.15) is 0 Å². The Morgan fingerprint density at radius 3 is 1.17 bits per heavy atom. The minimum atomic E-state index is 0.833. The van der Waals surface area contributed by atoms with E-state index in [0.29, 0.717) is 0 Å². The van der Waals surface area contributed by atoms with E-state index in [1.165, 1.54) is 115 Å². The van der Waals surface area contributed by atoms with E-state index in [1.807, 2.05) is 0 Å². The van der Waals surface area contributed by atoms with Gasteiger partial charge in [-0.25, -0.2) is 9.97 Å². The summed E-state index contributed by atoms with van der Waals surface area (Å²) in [4.78, 5) is 28.1. The molecule has 0 amide bonds. The Morgan fingerprint density at radius 2 is 0.793 bits per heavy atom. The van der Waals surface area contributed by atoms with E-state index in [1.54, 1.807) is 22.7 Å². The van der Waals surface area contributed by atoms with Crippen LogP contribution < -0.4 is 9.80 Å². The van der Waals surface area contributed by atoms with Gasteiger partial charge in [0, 0.05) is 77.0 Å². The summed E-state index contributed by atoms with van der Waals surface area (Å²) in [7, 11) is 8.27. The van der Waals surface area contributed by atoms with Crippen LogP contribution in [-0.4, -0.2) is 48.1 Å². The third kappa shape index (κ3) is 13.6. The number of anilines is 2. The second-order valence-electron chi connectivity index (χ2n) is 22.1. The number of nitrogens with one attached hydrogen (secondary N) is 2. The van der Waals surface area contributed by atoms with Crippen molar-refractivity contribution in [3.63, 3.8) is 0 Å². The van der Waals surface area contributed by atoms with E-state index in [2.05, 4.69) is 213 Å². The zero-order valence-corrected chi connectivity index (χ0v) is 53.6. The van der Waals surface area contributed by atoms with Crippen molar-refractivity contribution >= 4 is 78.4 Å². The molecule has 0 saturated heterocycles. The molecule has 8 heteroatoms. The third-order valence-electron chi connectivity index (χ3n) is 16.4. The molecule has 1 aromatic carbocycles. The van der Waals surface area contributed by atoms with Crippen molar-refractivity contribution in [2.75, 3.05) is 38.0 Å². The molecule has 7 heterocycles. The molecule has 8 rings (SSSR count). The molecule has 2 aliphatic rings. The van der Waals surface area contributed by atoms with Crippen LogP contribution in [0.4, 0.5) is 11.4 Å². The van der Waals surface area contributed by atoms with Gasteiger partial charge < -0.3 is 19.8 Å². The highest BCUT2D eigenvalue weighted by Gasteiger charge is 2.27. The van der Waals surface area contributed by atoms with E-state index in [9.17, 15) is 0 Å². The fourth-order valence-electron chi connectivity index (χ4n) is 12.0. The predicted octanol–water partition coefficient (Wildman–Crippen LogP) is 19.0. The van der Waals surface area contributed by atoms with Gasteiger partial charge in [-0.3, -0.25) is 0 Å². The summed E-state index contributed by atoms with van der Waals surface area (Å²) in [6, 6.07) is 18.3. The Hall–Kier alpha value is -6.94. The second-order valence-corrected chi connectivity index (χ2v) is 24.2. The average Bonchev–Trinajstić information content (AvgIpc) is 4.42. The first-order valence-electron chi connectivity index (χ1n) is 30.9. The highest BCUT2D eigenvalue weighted by molar-refractivity contribution is 7.22. The summed E-state index contributed by atoms with van der Waals surface area (Å²) in [5.41, 5.74) is 25.7. The molecule has 6 aromatic rings. The molecular formula is C74H88N6S2. The Kier molecular flexibility index (Phi) is 21.5. The molecule has 0 aliphatic carbocycles. The molecule has 0 radical (unpaired) electrons. The van der Waals surface area contributed by atoms with Crippen molar-refractivity contribution < 1.29 is 0 Å². The van der Waals surface area contributed by atoms with Crippen LogP contribution in [0.3, 0.4) is 0 Å². The summed E-state index contributed by atoms with van der Waals surface area (Å²) in [6.07, 6.45) is 18.7. The molecular weight excluding hydrogens is 1040 g/mol. The third-order valence-corrected chi connectivity index (χ3v) is 18.8. The number of thiophene rings is 2. The molecule has 0 saturated carbocycles. The molecule has 426 valence electrons. The Balaban J connectivity index is 1.30. The van der Waals surface area contributed by atoms with Crippen LogP contribution in [-0.2, 0) is 38.5 Å². The summed E-state index contributed by atoms with van der Waals surface area (Å²) >= 11 is 3.60. The summed E-state index contributed by atoms with van der Waals surface area (Å²) in [6.45, 7) is 22.7. The topological polar surface area (TPSA) is 63.8 Å². The Morgan fingerprint density at radius 1 is 0.402 bits per heavy atom. The first-order valence-corrected chi connectivity index (χ1v) is 32.6. The largest absolute Gasteiger partial charge is 0.378 e. The van der Waals surface area contributed by atoms with Gasteiger partial charge >= 0.3 is 0 Å². The lowest BCUT2D eigenvalue weighted by Crippen LogP contribution is -2.12. The minimum absolute atomic E-state index is 0.833. The number of nitrogens with zero attached hydrogens (tertiary/aromatic N) is 4. The Labute approximate surface area is 500 Å². The van der Waals surface area contributed by atoms with Gasteiger partial charge in [0.05, 0.1) is 38.1 Å². The van der Waals surface area contributed by atoms with Gasteiger partial charge in [-0.2, -0.15) is 0 Å². The van der Waals surface area contributed by atoms with Crippen molar-refractivity contribution in [1.29, 1.82) is 0 Å². The fourth-order valence-corrected chi connectivity index (χ4v) is 14.2. The molecule has 0 spiro atoms. The highest BCUT2D eigenvalue weighted by Crippen LogP contribution is 2.43. The normalized spacial score (nSPS) is 11.9. The molecule has 0 atom stereocenters. The summed E-state index contributed by atoms with van der Waals surface area (Å²) in [5, 5.41) is 0. The highest BCUT2D eigenvalue weighted by atomic mass is 32.1. The molecule has 2 aliphatic heterocycles. The second kappa shape index (κ2) is 28.8. The van der Waals surface area contributed by atoms with Crippen molar-refractivity contribution in [2.24, 2.45) is 0 Å². The standard InChI is InChI=1S/C74H88N6S2/c1-15-25-27-29-36-50-43-71(81-69(50)39-33-31-35-49-41-52(79(11)12)45-53(42-49)80(13)14)72-44-51(37-30-28-26-16-2)70(82-72)40-34-32-38-62-73-60(23-9)58(21-7)67(77-73)47-65-56(19-5)54(17-3)63(75-65)46-64-55(18-4)57(20-6)66(76-64)48-68-59(22-8)61(24-10)74(62)78-68/h41-48,75-76H,15-30,36-37H2,1-14H3. The monoisotopic (exact) mass is 1120 g/mol. The lowest BCUT2D eigenvalue weighted by molar-refractivity contribution is 0.667. The maximum absolute atomic E-state index is 5.64. The number of hydrogen-bond donors (Lipinski definition) is 2. The van der Waals surface area contributed by atoms with Gasteiger partial charge in [0.2, 0.25) is 0 Å². The van der Waals surface area contributed by atoms with Crippen molar-refractivity contribution in [2.45, 2.75) is 185 Å². The smallest absolute Gasteiger partial charge is 0.0851 e. The first-order chi connectivity index (χ1) is 39.9. The van der Waals surface area contributed by atoms with Gasteiger partial charge in [-0.05, 0) is 223 Å². The molecule has 8 bridgehead atoms. The van der Waals surface area contributed by atoms with E-state index >= 15 is 0 Å². The zero-order chi connectivity index (χ0) is 58.5. The number of H-pyrrole nitrogens is 2. The van der Waals surface area contributed by atoms with Crippen LogP contribution in [0.25, 0.3) is 54.1 Å². The first kappa shape index (κ1) is 61.1. The average molecular weight is 1130 g/mol. The number of benzene rings is 1. The SMILES string of the molecule is CCCCCCc1cc(-c2cc(CCCCCC)c(C#CC#Cc3c4nc(cc5[nH]c(cc6[nH]c(cc7nc3C(CC)=C7CC)c(CC)c6CC)c(CC)c5CC)C(CC)=C4CC)s2)sc1C#CC#Cc1cc(N(C)C)cc(N(C)C)c1. The number of aromatic nitrogens is 4. The van der Waals surface area contributed by atoms with Crippen LogP contribution in [0.1, 0.15) is 223 Å². The van der Waals surface area contributed by atoms with Crippen LogP contribution >= 0.6 is 22.7 Å². The molecule has 0 unspecified atom stereocenters. The quantitative estimate of drug-likeness (QED) is 0.0557. The van der Waals surface area contributed by atoms with Crippen LogP contribution in [0.2, 0.25) is 0 Å². The number of aromatic amines is 2. The van der Waals surface area contributed by atoms with Crippen LogP contribution in [0.15, 0.2) is 48.5 Å². The van der Waals surface area contributed by atoms with Crippen LogP contribution in [0.5, 0.6) is 0 Å². The maximum atomic E-state index is 5.64. The number of rotatable bonds is 21. The summed E-state index contributed by atoms with van der Waals surface area (Å²) in [5.74, 6) is 27.6.